The molecule has 0 radical (unpaired) electrons. The summed E-state index contributed by atoms with van der Waals surface area (Å²) in [7, 11) is 5.09. The van der Waals surface area contributed by atoms with E-state index in [2.05, 4.69) is 15.4 Å². The lowest BCUT2D eigenvalue weighted by Gasteiger charge is -2.19. The van der Waals surface area contributed by atoms with Crippen LogP contribution in [0.2, 0.25) is 0 Å². The number of aliphatic hydroxyl groups is 1. The maximum absolute atomic E-state index is 11.5. The number of benzene rings is 3. The van der Waals surface area contributed by atoms with E-state index >= 15 is 0 Å². The zero-order chi connectivity index (χ0) is 29.2. The lowest BCUT2D eigenvalue weighted by molar-refractivity contribution is -0.142. The Morgan fingerprint density at radius 3 is 1.87 bits per heavy atom. The van der Waals surface area contributed by atoms with Crippen LogP contribution < -0.4 is 15.5 Å². The molecule has 3 rings (SSSR count). The van der Waals surface area contributed by atoms with Gasteiger partial charge in [0.25, 0.3) is 0 Å². The van der Waals surface area contributed by atoms with Crippen LogP contribution in [-0.4, -0.2) is 55.5 Å². The van der Waals surface area contributed by atoms with Gasteiger partial charge in [-0.05, 0) is 24.3 Å². The van der Waals surface area contributed by atoms with Gasteiger partial charge in [0.15, 0.2) is 6.07 Å². The number of carboxylic acids is 1. The van der Waals surface area contributed by atoms with Gasteiger partial charge in [-0.3, -0.25) is 9.69 Å². The molecule has 0 heterocycles. The van der Waals surface area contributed by atoms with Crippen molar-refractivity contribution in [1.29, 1.82) is 0 Å². The second kappa shape index (κ2) is 18.1. The van der Waals surface area contributed by atoms with Crippen molar-refractivity contribution in [3.05, 3.63) is 89.5 Å². The molecule has 0 aliphatic carbocycles. The lowest BCUT2D eigenvalue weighted by atomic mass is 10.2. The van der Waals surface area contributed by atoms with Gasteiger partial charge in [0.1, 0.15) is 6.61 Å². The molecule has 39 heavy (non-hydrogen) atoms. The quantitative estimate of drug-likeness (QED) is 0.217. The Morgan fingerprint density at radius 1 is 0.846 bits per heavy atom. The number of carboxylic acid groups (broad SMARTS) is 1. The highest BCUT2D eigenvalue weighted by Gasteiger charge is 2.15. The molecule has 3 aromatic rings. The smallest absolute Gasteiger partial charge is 0.415 e. The molecule has 0 fully saturated rings. The van der Waals surface area contributed by atoms with E-state index in [0.717, 1.165) is 11.3 Å². The molecule has 0 aliphatic rings. The monoisotopic (exact) mass is 559 g/mol. The number of hydrogen-bond donors (Lipinski definition) is 4. The fourth-order valence-electron chi connectivity index (χ4n) is 3.17. The summed E-state index contributed by atoms with van der Waals surface area (Å²) in [6.45, 7) is 1.52. The molecule has 3 aromatic carbocycles. The first-order valence-electron chi connectivity index (χ1n) is 11.7. The summed E-state index contributed by atoms with van der Waals surface area (Å²) in [5, 5.41) is 23.2. The number of ether oxygens (including phenoxy) is 2. The first-order valence-corrected chi connectivity index (χ1v) is 12.3. The van der Waals surface area contributed by atoms with Crippen LogP contribution in [0.5, 0.6) is 0 Å². The normalized spacial score (nSPS) is 9.49. The molecule has 0 aromatic heterocycles. The second-order valence-corrected chi connectivity index (χ2v) is 7.87. The highest BCUT2D eigenvalue weighted by molar-refractivity contribution is 6.17. The molecular formula is C28H34ClN3O7. The van der Waals surface area contributed by atoms with Gasteiger partial charge in [-0.15, -0.1) is 0 Å². The summed E-state index contributed by atoms with van der Waals surface area (Å²) in [4.78, 5) is 34.2. The fraction of sp³-hybridized carbons (Fsp3) is 0.250. The SMILES string of the molecule is CC(=O)OCc1ccccc1N(C)C(=O)OCCl.CNc1ccccc1C(=O)O.CNc1ccccc1CO. The number of nitrogens with one attached hydrogen (secondary N) is 2. The third-order valence-electron chi connectivity index (χ3n) is 5.12. The first kappa shape index (κ1) is 32.7. The predicted molar refractivity (Wildman–Crippen MR) is 152 cm³/mol. The van der Waals surface area contributed by atoms with E-state index in [0.29, 0.717) is 22.5 Å². The van der Waals surface area contributed by atoms with Crippen molar-refractivity contribution in [2.24, 2.45) is 0 Å². The average Bonchev–Trinajstić information content (AvgIpc) is 2.96. The number of hydrogen-bond acceptors (Lipinski definition) is 8. The molecular weight excluding hydrogens is 526 g/mol. The van der Waals surface area contributed by atoms with Gasteiger partial charge in [0.05, 0.1) is 17.9 Å². The van der Waals surface area contributed by atoms with E-state index in [1.54, 1.807) is 62.6 Å². The zero-order valence-corrected chi connectivity index (χ0v) is 23.1. The molecule has 0 bridgehead atoms. The van der Waals surface area contributed by atoms with E-state index in [1.807, 2.05) is 31.3 Å². The van der Waals surface area contributed by atoms with Crippen molar-refractivity contribution in [2.75, 3.05) is 42.7 Å². The predicted octanol–water partition coefficient (Wildman–Crippen LogP) is 5.17. The number of para-hydroxylation sites is 3. The first-order chi connectivity index (χ1) is 18.7. The van der Waals surface area contributed by atoms with Gasteiger partial charge < -0.3 is 30.3 Å². The zero-order valence-electron chi connectivity index (χ0n) is 22.3. The minimum atomic E-state index is -0.907. The van der Waals surface area contributed by atoms with E-state index < -0.39 is 12.1 Å². The van der Waals surface area contributed by atoms with Crippen LogP contribution in [0.1, 0.15) is 28.4 Å². The minimum absolute atomic E-state index is 0.0943. The molecule has 210 valence electrons. The Hall–Kier alpha value is -4.28. The summed E-state index contributed by atoms with van der Waals surface area (Å²) >= 11 is 5.33. The molecule has 0 atom stereocenters. The largest absolute Gasteiger partial charge is 0.478 e. The van der Waals surface area contributed by atoms with Crippen molar-refractivity contribution < 1.29 is 34.1 Å². The number of amides is 1. The van der Waals surface area contributed by atoms with E-state index in [-0.39, 0.29) is 25.2 Å². The van der Waals surface area contributed by atoms with Crippen molar-refractivity contribution in [2.45, 2.75) is 20.1 Å². The number of carbonyl (C=O) groups excluding carboxylic acids is 2. The summed E-state index contributed by atoms with van der Waals surface area (Å²) < 4.78 is 9.60. The van der Waals surface area contributed by atoms with Crippen molar-refractivity contribution in [1.82, 2.24) is 0 Å². The number of esters is 1. The van der Waals surface area contributed by atoms with Crippen LogP contribution in [0.4, 0.5) is 21.9 Å². The van der Waals surface area contributed by atoms with Gasteiger partial charge in [0.2, 0.25) is 0 Å². The molecule has 10 nitrogen and oxygen atoms in total. The molecule has 0 unspecified atom stereocenters. The van der Waals surface area contributed by atoms with E-state index in [9.17, 15) is 14.4 Å². The van der Waals surface area contributed by atoms with Gasteiger partial charge in [-0.25, -0.2) is 9.59 Å². The van der Waals surface area contributed by atoms with Crippen LogP contribution >= 0.6 is 11.6 Å². The van der Waals surface area contributed by atoms with Crippen LogP contribution in [-0.2, 0) is 27.5 Å². The van der Waals surface area contributed by atoms with Crippen molar-refractivity contribution >= 4 is 46.7 Å². The fourth-order valence-corrected chi connectivity index (χ4v) is 3.26. The number of carbonyl (C=O) groups is 3. The molecule has 0 aliphatic heterocycles. The number of aromatic carboxylic acids is 1. The second-order valence-electron chi connectivity index (χ2n) is 7.65. The Bertz CT molecular complexity index is 1180. The van der Waals surface area contributed by atoms with Gasteiger partial charge in [-0.1, -0.05) is 60.1 Å². The lowest BCUT2D eigenvalue weighted by Crippen LogP contribution is -2.27. The van der Waals surface area contributed by atoms with E-state index in [1.165, 1.54) is 11.8 Å². The Kier molecular flexibility index (Phi) is 15.2. The number of anilines is 3. The molecule has 1 amide bonds. The summed E-state index contributed by atoms with van der Waals surface area (Å²) in [6.07, 6.45) is -0.569. The number of nitrogens with zero attached hydrogens (tertiary/aromatic N) is 1. The highest BCUT2D eigenvalue weighted by Crippen LogP contribution is 2.21. The van der Waals surface area contributed by atoms with Gasteiger partial charge in [0, 0.05) is 50.6 Å². The molecule has 0 spiro atoms. The van der Waals surface area contributed by atoms with Crippen LogP contribution in [0.15, 0.2) is 72.8 Å². The Morgan fingerprint density at radius 2 is 1.38 bits per heavy atom. The number of halogens is 1. The van der Waals surface area contributed by atoms with Gasteiger partial charge >= 0.3 is 18.0 Å². The Balaban J connectivity index is 0.000000311. The molecule has 0 saturated carbocycles. The maximum Gasteiger partial charge on any atom is 0.415 e. The van der Waals surface area contributed by atoms with Crippen LogP contribution in [0.3, 0.4) is 0 Å². The maximum atomic E-state index is 11.5. The summed E-state index contributed by atoms with van der Waals surface area (Å²) in [6, 6.07) is 21.3. The van der Waals surface area contributed by atoms with Crippen LogP contribution in [0.25, 0.3) is 0 Å². The molecule has 4 N–H and O–H groups in total. The number of aliphatic hydroxyl groups excluding tert-OH is 1. The summed E-state index contributed by atoms with van der Waals surface area (Å²) in [5.74, 6) is -1.29. The van der Waals surface area contributed by atoms with E-state index in [4.69, 9.17) is 26.6 Å². The standard InChI is InChI=1S/C12H14ClNO4.C8H9NO2.C8H11NO/c1-9(15)17-7-10-5-3-4-6-11(10)14(2)12(16)18-8-13;1-9-7-5-3-2-4-6(7)8(10)11;1-9-8-5-3-2-4-7(8)6-10/h3-6H,7-8H2,1-2H3;2-5,9H,1H3,(H,10,11);2-5,9-10H,6H2,1H3. The highest BCUT2D eigenvalue weighted by atomic mass is 35.5. The third-order valence-corrected chi connectivity index (χ3v) is 5.23. The average molecular weight is 560 g/mol. The van der Waals surface area contributed by atoms with Crippen molar-refractivity contribution in [3.63, 3.8) is 0 Å². The van der Waals surface area contributed by atoms with Crippen molar-refractivity contribution in [3.8, 4) is 0 Å². The topological polar surface area (TPSA) is 137 Å². The Labute approximate surface area is 233 Å². The molecule has 11 heteroatoms. The minimum Gasteiger partial charge on any atom is -0.478 e. The summed E-state index contributed by atoms with van der Waals surface area (Å²) in [5.41, 5.74) is 4.18. The number of rotatable bonds is 8. The third kappa shape index (κ3) is 11.3. The molecule has 0 saturated heterocycles. The van der Waals surface area contributed by atoms with Crippen LogP contribution in [0, 0.1) is 0 Å². The van der Waals surface area contributed by atoms with Gasteiger partial charge in [-0.2, -0.15) is 0 Å². The number of alkyl halides is 1.